The molecule has 10 nitrogen and oxygen atoms in total. The number of carbonyl (C=O) groups is 2. The quantitative estimate of drug-likeness (QED) is 0.474. The summed E-state index contributed by atoms with van der Waals surface area (Å²) >= 11 is 0. The van der Waals surface area contributed by atoms with Gasteiger partial charge in [0.1, 0.15) is 0 Å². The molecule has 2 aromatic carbocycles. The molecule has 0 fully saturated rings. The number of nitrogens with zero attached hydrogens (tertiary/aromatic N) is 6. The molecular formula is C18H18N8O2+2. The summed E-state index contributed by atoms with van der Waals surface area (Å²) in [5.41, 5.74) is 6.46. The van der Waals surface area contributed by atoms with Crippen LogP contribution in [0.4, 0.5) is 0 Å². The van der Waals surface area contributed by atoms with Gasteiger partial charge < -0.3 is 0 Å². The number of hydrogen-bond acceptors (Lipinski definition) is 4. The molecule has 2 N–H and O–H groups in total. The minimum atomic E-state index is -0.255. The Kier molecular flexibility index (Phi) is 4.28. The highest BCUT2D eigenvalue weighted by Crippen LogP contribution is 2.18. The Morgan fingerprint density at radius 2 is 1.21 bits per heavy atom. The van der Waals surface area contributed by atoms with E-state index in [9.17, 15) is 9.59 Å². The lowest BCUT2D eigenvalue weighted by molar-refractivity contribution is -0.642. The SMILES string of the molecule is Cn1c[n+](NC(=O)c2ccc3cc(C(=O)N[n+]4cnn(C)c4)ccc3c2)cn1. The van der Waals surface area contributed by atoms with Crippen molar-refractivity contribution in [3.8, 4) is 0 Å². The number of nitrogens with one attached hydrogen (secondary N) is 2. The molecule has 0 radical (unpaired) electrons. The monoisotopic (exact) mass is 378 g/mol. The number of carbonyl (C=O) groups excluding carboxylic acids is 2. The summed E-state index contributed by atoms with van der Waals surface area (Å²) in [6, 6.07) is 10.6. The first kappa shape index (κ1) is 17.3. The predicted octanol–water partition coefficient (Wildman–Crippen LogP) is -0.350. The molecule has 4 rings (SSSR count). The normalized spacial score (nSPS) is 10.8. The summed E-state index contributed by atoms with van der Waals surface area (Å²) < 4.78 is 6.13. The van der Waals surface area contributed by atoms with Crippen LogP contribution in [0.15, 0.2) is 61.7 Å². The van der Waals surface area contributed by atoms with Crippen molar-refractivity contribution in [1.82, 2.24) is 19.6 Å². The van der Waals surface area contributed by atoms with E-state index in [-0.39, 0.29) is 11.8 Å². The molecule has 140 valence electrons. The van der Waals surface area contributed by atoms with Crippen LogP contribution in [0.5, 0.6) is 0 Å². The van der Waals surface area contributed by atoms with Crippen LogP contribution in [0.1, 0.15) is 20.7 Å². The van der Waals surface area contributed by atoms with Gasteiger partial charge in [0.25, 0.3) is 24.5 Å². The van der Waals surface area contributed by atoms with Crippen LogP contribution in [0.2, 0.25) is 0 Å². The zero-order chi connectivity index (χ0) is 19.7. The fraction of sp³-hybridized carbons (Fsp3) is 0.111. The number of hydrogen-bond donors (Lipinski definition) is 2. The number of aromatic nitrogens is 6. The summed E-state index contributed by atoms with van der Waals surface area (Å²) in [5, 5.41) is 9.69. The molecule has 4 aromatic rings. The van der Waals surface area contributed by atoms with E-state index in [0.717, 1.165) is 10.8 Å². The molecule has 2 aromatic heterocycles. The molecule has 0 bridgehead atoms. The molecule has 28 heavy (non-hydrogen) atoms. The topological polar surface area (TPSA) is 102 Å². The van der Waals surface area contributed by atoms with Crippen LogP contribution in [0.3, 0.4) is 0 Å². The van der Waals surface area contributed by atoms with E-state index in [1.807, 2.05) is 12.1 Å². The Morgan fingerprint density at radius 1 is 0.786 bits per heavy atom. The van der Waals surface area contributed by atoms with E-state index < -0.39 is 0 Å². The third-order valence-electron chi connectivity index (χ3n) is 4.13. The second-order valence-electron chi connectivity index (χ2n) is 6.31. The van der Waals surface area contributed by atoms with Crippen LogP contribution in [0, 0.1) is 0 Å². The summed E-state index contributed by atoms with van der Waals surface area (Å²) in [6.07, 6.45) is 6.29. The van der Waals surface area contributed by atoms with Crippen molar-refractivity contribution in [3.05, 3.63) is 72.8 Å². The van der Waals surface area contributed by atoms with Crippen LogP contribution >= 0.6 is 0 Å². The first-order valence-corrected chi connectivity index (χ1v) is 8.44. The van der Waals surface area contributed by atoms with E-state index in [4.69, 9.17) is 0 Å². The van der Waals surface area contributed by atoms with E-state index in [1.165, 1.54) is 22.0 Å². The maximum absolute atomic E-state index is 12.4. The Bertz CT molecular complexity index is 1100. The van der Waals surface area contributed by atoms with Crippen LogP contribution in [0.25, 0.3) is 10.8 Å². The van der Waals surface area contributed by atoms with Gasteiger partial charge in [-0.25, -0.2) is 10.9 Å². The van der Waals surface area contributed by atoms with Gasteiger partial charge in [-0.05, 0) is 35.0 Å². The van der Waals surface area contributed by atoms with E-state index in [0.29, 0.717) is 11.1 Å². The van der Waals surface area contributed by atoms with Crippen molar-refractivity contribution in [3.63, 3.8) is 0 Å². The van der Waals surface area contributed by atoms with Crippen LogP contribution < -0.4 is 20.2 Å². The lowest BCUT2D eigenvalue weighted by atomic mass is 10.0. The van der Waals surface area contributed by atoms with Crippen molar-refractivity contribution in [2.75, 3.05) is 10.9 Å². The van der Waals surface area contributed by atoms with Crippen LogP contribution in [-0.2, 0) is 14.1 Å². The molecule has 0 spiro atoms. The molecule has 0 saturated carbocycles. The van der Waals surface area contributed by atoms with Gasteiger partial charge in [-0.15, -0.1) is 18.7 Å². The fourth-order valence-corrected chi connectivity index (χ4v) is 2.76. The Balaban J connectivity index is 1.53. The molecule has 0 unspecified atom stereocenters. The number of rotatable bonds is 4. The lowest BCUT2D eigenvalue weighted by Crippen LogP contribution is -2.46. The Hall–Kier alpha value is -4.08. The highest BCUT2D eigenvalue weighted by Gasteiger charge is 2.13. The molecule has 2 amide bonds. The summed E-state index contributed by atoms with van der Waals surface area (Å²) in [6.45, 7) is 0. The molecule has 0 aliphatic heterocycles. The zero-order valence-corrected chi connectivity index (χ0v) is 15.3. The first-order valence-electron chi connectivity index (χ1n) is 8.44. The number of benzene rings is 2. The summed E-state index contributed by atoms with van der Waals surface area (Å²) in [4.78, 5) is 24.8. The van der Waals surface area contributed by atoms with Gasteiger partial charge in [0.15, 0.2) is 0 Å². The summed E-state index contributed by atoms with van der Waals surface area (Å²) in [5.74, 6) is -0.510. The van der Waals surface area contributed by atoms with Crippen molar-refractivity contribution in [2.24, 2.45) is 14.1 Å². The molecule has 0 atom stereocenters. The van der Waals surface area contributed by atoms with E-state index in [2.05, 4.69) is 21.0 Å². The standard InChI is InChI=1S/C18H16N8O2/c1-23-11-25(9-19-23)21-17(27)15-5-3-14-8-16(6-4-13(14)7-15)18(28)22-26-10-20-24(2)12-26/h3-12H,1-2H3/p+2. The highest BCUT2D eigenvalue weighted by atomic mass is 16.2. The van der Waals surface area contributed by atoms with Crippen molar-refractivity contribution in [1.29, 1.82) is 0 Å². The smallest absolute Gasteiger partial charge is 0.266 e. The maximum Gasteiger partial charge on any atom is 0.287 e. The van der Waals surface area contributed by atoms with Gasteiger partial charge in [0.05, 0.1) is 14.1 Å². The van der Waals surface area contributed by atoms with Crippen LogP contribution in [-0.4, -0.2) is 31.4 Å². The fourth-order valence-electron chi connectivity index (χ4n) is 2.76. The minimum Gasteiger partial charge on any atom is -0.266 e. The third kappa shape index (κ3) is 3.56. The zero-order valence-electron chi connectivity index (χ0n) is 15.3. The number of amides is 2. The number of aryl methyl sites for hydroxylation is 2. The van der Waals surface area contributed by atoms with Gasteiger partial charge in [-0.1, -0.05) is 12.1 Å². The number of fused-ring (bicyclic) bond motifs is 1. The van der Waals surface area contributed by atoms with Gasteiger partial charge in [-0.2, -0.15) is 0 Å². The largest absolute Gasteiger partial charge is 0.287 e. The lowest BCUT2D eigenvalue weighted by Gasteiger charge is -2.06. The molecule has 10 heteroatoms. The van der Waals surface area contributed by atoms with Gasteiger partial charge in [-0.3, -0.25) is 9.59 Å². The third-order valence-corrected chi connectivity index (χ3v) is 4.13. The van der Waals surface area contributed by atoms with Crippen molar-refractivity contribution < 1.29 is 18.9 Å². The summed E-state index contributed by atoms with van der Waals surface area (Å²) in [7, 11) is 3.53. The molecule has 0 saturated heterocycles. The van der Waals surface area contributed by atoms with E-state index in [1.54, 1.807) is 60.4 Å². The van der Waals surface area contributed by atoms with Crippen molar-refractivity contribution >= 4 is 22.6 Å². The minimum absolute atomic E-state index is 0.255. The Morgan fingerprint density at radius 3 is 1.57 bits per heavy atom. The van der Waals surface area contributed by atoms with Gasteiger partial charge >= 0.3 is 0 Å². The highest BCUT2D eigenvalue weighted by molar-refractivity contribution is 6.04. The molecule has 0 aliphatic carbocycles. The first-order chi connectivity index (χ1) is 13.5. The second kappa shape index (κ2) is 6.91. The molecule has 2 heterocycles. The van der Waals surface area contributed by atoms with Gasteiger partial charge in [0.2, 0.25) is 12.7 Å². The Labute approximate surface area is 159 Å². The van der Waals surface area contributed by atoms with E-state index >= 15 is 0 Å². The predicted molar refractivity (Wildman–Crippen MR) is 98.1 cm³/mol. The van der Waals surface area contributed by atoms with Crippen molar-refractivity contribution in [2.45, 2.75) is 0 Å². The maximum atomic E-state index is 12.4. The average Bonchev–Trinajstić information content (AvgIpc) is 3.28. The average molecular weight is 378 g/mol. The molecular weight excluding hydrogens is 360 g/mol. The van der Waals surface area contributed by atoms with Gasteiger partial charge in [0, 0.05) is 21.3 Å². The molecule has 0 aliphatic rings. The second-order valence-corrected chi connectivity index (χ2v) is 6.31.